The van der Waals surface area contributed by atoms with Crippen molar-refractivity contribution in [2.24, 2.45) is 0 Å². The van der Waals surface area contributed by atoms with Crippen LogP contribution in [0.3, 0.4) is 0 Å². The fourth-order valence-corrected chi connectivity index (χ4v) is 2.75. The van der Waals surface area contributed by atoms with Gasteiger partial charge in [-0.05, 0) is 19.3 Å². The molecular weight excluding hydrogens is 220 g/mol. The van der Waals surface area contributed by atoms with Crippen molar-refractivity contribution in [3.63, 3.8) is 0 Å². The Labute approximate surface area is 101 Å². The number of aliphatic hydroxyl groups excluding tert-OH is 1. The van der Waals surface area contributed by atoms with E-state index in [0.717, 1.165) is 25.7 Å². The van der Waals surface area contributed by atoms with Gasteiger partial charge in [0, 0.05) is 13.5 Å². The fraction of sp³-hybridized carbons (Fsp3) is 0.833. The monoisotopic (exact) mass is 240 g/mol. The van der Waals surface area contributed by atoms with Gasteiger partial charge in [0.25, 0.3) is 0 Å². The van der Waals surface area contributed by atoms with Gasteiger partial charge in [-0.2, -0.15) is 0 Å². The number of hydrogen-bond acceptors (Lipinski definition) is 3. The van der Waals surface area contributed by atoms with E-state index in [9.17, 15) is 14.7 Å². The summed E-state index contributed by atoms with van der Waals surface area (Å²) in [5.41, 5.74) is 0. The number of nitrogens with zero attached hydrogens (tertiary/aromatic N) is 1. The Morgan fingerprint density at radius 2 is 2.06 bits per heavy atom. The molecule has 5 nitrogen and oxygen atoms in total. The normalized spacial score (nSPS) is 33.3. The summed E-state index contributed by atoms with van der Waals surface area (Å²) in [5, 5.41) is 12.6. The summed E-state index contributed by atoms with van der Waals surface area (Å²) in [7, 11) is 1.73. The van der Waals surface area contributed by atoms with Gasteiger partial charge in [-0.3, -0.25) is 9.59 Å². The first-order valence-electron chi connectivity index (χ1n) is 6.33. The maximum Gasteiger partial charge on any atom is 0.245 e. The predicted octanol–water partition coefficient (Wildman–Crippen LogP) is 0.0269. The Balaban J connectivity index is 1.96. The maximum absolute atomic E-state index is 12.1. The zero-order chi connectivity index (χ0) is 12.4. The van der Waals surface area contributed by atoms with Crippen molar-refractivity contribution >= 4 is 11.8 Å². The lowest BCUT2D eigenvalue weighted by Crippen LogP contribution is -2.51. The van der Waals surface area contributed by atoms with E-state index in [4.69, 9.17) is 0 Å². The Kier molecular flexibility index (Phi) is 3.66. The summed E-state index contributed by atoms with van der Waals surface area (Å²) < 4.78 is 0. The molecule has 1 saturated carbocycles. The summed E-state index contributed by atoms with van der Waals surface area (Å²) in [6.45, 7) is 0. The molecule has 2 fully saturated rings. The van der Waals surface area contributed by atoms with Gasteiger partial charge in [-0.25, -0.2) is 0 Å². The van der Waals surface area contributed by atoms with Gasteiger partial charge in [0.15, 0.2) is 0 Å². The Bertz CT molecular complexity index is 319. The lowest BCUT2D eigenvalue weighted by atomic mass is 9.91. The van der Waals surface area contributed by atoms with E-state index in [1.54, 1.807) is 11.9 Å². The van der Waals surface area contributed by atoms with Crippen LogP contribution in [-0.4, -0.2) is 47.1 Å². The molecular formula is C12H20N2O3. The van der Waals surface area contributed by atoms with Gasteiger partial charge in [0.2, 0.25) is 11.8 Å². The average molecular weight is 240 g/mol. The third-order valence-corrected chi connectivity index (χ3v) is 3.83. The maximum atomic E-state index is 12.1. The van der Waals surface area contributed by atoms with E-state index in [0.29, 0.717) is 12.8 Å². The molecule has 1 saturated heterocycles. The van der Waals surface area contributed by atoms with Gasteiger partial charge in [0.1, 0.15) is 6.04 Å². The molecule has 0 spiro atoms. The van der Waals surface area contributed by atoms with Crippen molar-refractivity contribution in [2.75, 3.05) is 7.05 Å². The number of aliphatic hydroxyl groups is 1. The van der Waals surface area contributed by atoms with Crippen LogP contribution in [0.4, 0.5) is 0 Å². The summed E-state index contributed by atoms with van der Waals surface area (Å²) in [5.74, 6) is -0.122. The summed E-state index contributed by atoms with van der Waals surface area (Å²) >= 11 is 0. The quantitative estimate of drug-likeness (QED) is 0.715. The van der Waals surface area contributed by atoms with E-state index in [-0.39, 0.29) is 23.9 Å². The highest BCUT2D eigenvalue weighted by Crippen LogP contribution is 2.23. The summed E-state index contributed by atoms with van der Waals surface area (Å²) in [4.78, 5) is 24.9. The molecule has 3 atom stereocenters. The van der Waals surface area contributed by atoms with Crippen LogP contribution in [0, 0.1) is 0 Å². The van der Waals surface area contributed by atoms with E-state index in [1.165, 1.54) is 0 Å². The zero-order valence-electron chi connectivity index (χ0n) is 10.2. The second kappa shape index (κ2) is 5.04. The first-order valence-corrected chi connectivity index (χ1v) is 6.33. The summed E-state index contributed by atoms with van der Waals surface area (Å²) in [6.07, 6.45) is 4.27. The topological polar surface area (TPSA) is 69.6 Å². The fourth-order valence-electron chi connectivity index (χ4n) is 2.75. The van der Waals surface area contributed by atoms with Crippen molar-refractivity contribution in [1.82, 2.24) is 10.2 Å². The largest absolute Gasteiger partial charge is 0.391 e. The number of hydrogen-bond donors (Lipinski definition) is 2. The van der Waals surface area contributed by atoms with Gasteiger partial charge < -0.3 is 15.3 Å². The minimum Gasteiger partial charge on any atom is -0.391 e. The number of likely N-dealkylation sites (N-methyl/N-ethyl adjacent to an activating group) is 1. The van der Waals surface area contributed by atoms with Crippen LogP contribution in [0.15, 0.2) is 0 Å². The average Bonchev–Trinajstić information content (AvgIpc) is 2.75. The van der Waals surface area contributed by atoms with Crippen LogP contribution in [0.2, 0.25) is 0 Å². The minimum absolute atomic E-state index is 0.0547. The second-order valence-corrected chi connectivity index (χ2v) is 5.03. The molecule has 2 amide bonds. The molecule has 0 aromatic carbocycles. The molecule has 1 aliphatic carbocycles. The number of amides is 2. The second-order valence-electron chi connectivity index (χ2n) is 5.03. The first-order chi connectivity index (χ1) is 8.09. The highest BCUT2D eigenvalue weighted by molar-refractivity contribution is 5.90. The molecule has 2 rings (SSSR count). The molecule has 2 N–H and O–H groups in total. The lowest BCUT2D eigenvalue weighted by molar-refractivity contribution is -0.138. The predicted molar refractivity (Wildman–Crippen MR) is 62.2 cm³/mol. The van der Waals surface area contributed by atoms with E-state index in [2.05, 4.69) is 5.32 Å². The number of rotatable bonds is 2. The number of nitrogens with one attached hydrogen (secondary N) is 1. The number of carbonyl (C=O) groups is 2. The molecule has 0 aromatic heterocycles. The zero-order valence-corrected chi connectivity index (χ0v) is 10.2. The van der Waals surface area contributed by atoms with Crippen LogP contribution >= 0.6 is 0 Å². The van der Waals surface area contributed by atoms with Gasteiger partial charge in [-0.1, -0.05) is 12.8 Å². The third-order valence-electron chi connectivity index (χ3n) is 3.83. The summed E-state index contributed by atoms with van der Waals surface area (Å²) in [6, 6.07) is -0.477. The third kappa shape index (κ3) is 2.60. The first kappa shape index (κ1) is 12.4. The van der Waals surface area contributed by atoms with Crippen LogP contribution in [0.1, 0.15) is 38.5 Å². The number of carbonyl (C=O) groups excluding carboxylic acids is 2. The molecule has 0 aromatic rings. The molecule has 5 heteroatoms. The molecule has 17 heavy (non-hydrogen) atoms. The highest BCUT2D eigenvalue weighted by atomic mass is 16.3. The van der Waals surface area contributed by atoms with E-state index >= 15 is 0 Å². The van der Waals surface area contributed by atoms with Crippen molar-refractivity contribution in [1.29, 1.82) is 0 Å². The molecule has 1 aliphatic heterocycles. The lowest BCUT2D eigenvalue weighted by Gasteiger charge is -2.36. The van der Waals surface area contributed by atoms with E-state index in [1.807, 2.05) is 0 Å². The van der Waals surface area contributed by atoms with Crippen LogP contribution < -0.4 is 5.32 Å². The smallest absolute Gasteiger partial charge is 0.245 e. The molecule has 2 unspecified atom stereocenters. The van der Waals surface area contributed by atoms with Gasteiger partial charge >= 0.3 is 0 Å². The molecule has 1 heterocycles. The molecule has 2 aliphatic rings. The SMILES string of the molecule is CN(C(=O)[C@H]1CCC(=O)N1)C1CCCCC1O. The van der Waals surface area contributed by atoms with Gasteiger partial charge in [-0.15, -0.1) is 0 Å². The van der Waals surface area contributed by atoms with Crippen molar-refractivity contribution in [2.45, 2.75) is 56.7 Å². The van der Waals surface area contributed by atoms with Crippen LogP contribution in [0.5, 0.6) is 0 Å². The Morgan fingerprint density at radius 3 is 2.65 bits per heavy atom. The Morgan fingerprint density at radius 1 is 1.35 bits per heavy atom. The highest BCUT2D eigenvalue weighted by Gasteiger charge is 2.35. The van der Waals surface area contributed by atoms with Crippen molar-refractivity contribution in [3.05, 3.63) is 0 Å². The molecule has 96 valence electrons. The van der Waals surface area contributed by atoms with E-state index < -0.39 is 6.10 Å². The standard InChI is InChI=1S/C12H20N2O3/c1-14(9-4-2-3-5-10(9)15)12(17)8-6-7-11(16)13-8/h8-10,15H,2-7H2,1H3,(H,13,16)/t8-,9?,10?/m1/s1. The molecule has 0 radical (unpaired) electrons. The van der Waals surface area contributed by atoms with Crippen molar-refractivity contribution in [3.8, 4) is 0 Å². The van der Waals surface area contributed by atoms with Gasteiger partial charge in [0.05, 0.1) is 12.1 Å². The van der Waals surface area contributed by atoms with Crippen LogP contribution in [-0.2, 0) is 9.59 Å². The molecule has 0 bridgehead atoms. The van der Waals surface area contributed by atoms with Crippen molar-refractivity contribution < 1.29 is 14.7 Å². The Hall–Kier alpha value is -1.10. The van der Waals surface area contributed by atoms with Crippen LogP contribution in [0.25, 0.3) is 0 Å². The minimum atomic E-state index is -0.421.